The first kappa shape index (κ1) is 17.9. The average molecular weight is 374 g/mol. The molecule has 0 amide bonds. The molecule has 0 radical (unpaired) electrons. The maximum Gasteiger partial charge on any atom is 0.223 e. The Kier molecular flexibility index (Phi) is 4.89. The second kappa shape index (κ2) is 7.64. The molecule has 1 aliphatic rings. The quantitative estimate of drug-likeness (QED) is 0.714. The molecule has 4 rings (SSSR count). The van der Waals surface area contributed by atoms with Crippen molar-refractivity contribution in [2.45, 2.75) is 13.8 Å². The smallest absolute Gasteiger partial charge is 0.223 e. The summed E-state index contributed by atoms with van der Waals surface area (Å²) in [4.78, 5) is 13.4. The van der Waals surface area contributed by atoms with E-state index >= 15 is 0 Å². The van der Waals surface area contributed by atoms with Gasteiger partial charge in [-0.15, -0.1) is 0 Å². The van der Waals surface area contributed by atoms with Crippen LogP contribution in [-0.2, 0) is 0 Å². The maximum absolute atomic E-state index is 5.42. The molecule has 0 bridgehead atoms. The van der Waals surface area contributed by atoms with E-state index in [1.54, 1.807) is 24.2 Å². The van der Waals surface area contributed by atoms with Crippen molar-refractivity contribution in [2.75, 3.05) is 25.5 Å². The van der Waals surface area contributed by atoms with E-state index in [1.165, 1.54) is 11.1 Å². The maximum atomic E-state index is 5.42. The van der Waals surface area contributed by atoms with Crippen molar-refractivity contribution in [2.24, 2.45) is 4.99 Å². The number of anilines is 1. The van der Waals surface area contributed by atoms with Gasteiger partial charge in [-0.3, -0.25) is 4.99 Å². The number of nitrogens with zero attached hydrogens (tertiary/aromatic N) is 5. The van der Waals surface area contributed by atoms with E-state index < -0.39 is 0 Å². The predicted molar refractivity (Wildman–Crippen MR) is 110 cm³/mol. The number of para-hydroxylation sites is 2. The van der Waals surface area contributed by atoms with Crippen LogP contribution >= 0.6 is 0 Å². The van der Waals surface area contributed by atoms with E-state index in [0.717, 1.165) is 35.0 Å². The van der Waals surface area contributed by atoms with Crippen molar-refractivity contribution in [1.29, 1.82) is 0 Å². The van der Waals surface area contributed by atoms with Gasteiger partial charge in [0.2, 0.25) is 5.95 Å². The van der Waals surface area contributed by atoms with E-state index in [0.29, 0.717) is 12.5 Å². The number of benzene rings is 1. The van der Waals surface area contributed by atoms with Crippen LogP contribution < -0.4 is 10.1 Å². The van der Waals surface area contributed by atoms with Crippen molar-refractivity contribution in [1.82, 2.24) is 19.7 Å². The summed E-state index contributed by atoms with van der Waals surface area (Å²) in [5, 5.41) is 7.77. The fourth-order valence-corrected chi connectivity index (χ4v) is 3.19. The van der Waals surface area contributed by atoms with Crippen molar-refractivity contribution < 1.29 is 4.74 Å². The highest BCUT2D eigenvalue weighted by Gasteiger charge is 2.13. The lowest BCUT2D eigenvalue weighted by atomic mass is 10.1. The van der Waals surface area contributed by atoms with Gasteiger partial charge in [0.25, 0.3) is 0 Å². The zero-order valence-electron chi connectivity index (χ0n) is 16.2. The molecule has 1 aromatic carbocycles. The molecule has 0 unspecified atom stereocenters. The Bertz CT molecular complexity index is 1070. The number of aliphatic imine (C=N–C) groups is 1. The van der Waals surface area contributed by atoms with E-state index in [4.69, 9.17) is 4.74 Å². The summed E-state index contributed by atoms with van der Waals surface area (Å²) in [6, 6.07) is 9.64. The first-order valence-electron chi connectivity index (χ1n) is 9.11. The number of methoxy groups -OCH3 is 1. The molecule has 0 saturated heterocycles. The molecule has 2 aromatic heterocycles. The molecule has 0 fully saturated rings. The standard InChI is InChI=1S/C21H22N6O/c1-14-10-23-15(2)17(14)12-24-21-22-9-8-18(26-21)16-11-25-27(13-16)19-6-4-5-7-20(19)28-3/h4-9,11,13H,10,12H2,1-3H3,(H,22,24,26). The van der Waals surface area contributed by atoms with E-state index in [1.807, 2.05) is 43.5 Å². The fourth-order valence-electron chi connectivity index (χ4n) is 3.19. The van der Waals surface area contributed by atoms with Crippen molar-refractivity contribution in [3.63, 3.8) is 0 Å². The molecule has 0 spiro atoms. The minimum atomic E-state index is 0.586. The van der Waals surface area contributed by atoms with Crippen LogP contribution in [-0.4, -0.2) is 45.7 Å². The summed E-state index contributed by atoms with van der Waals surface area (Å²) < 4.78 is 7.21. The van der Waals surface area contributed by atoms with E-state index in [9.17, 15) is 0 Å². The third-order valence-corrected chi connectivity index (χ3v) is 4.79. The van der Waals surface area contributed by atoms with Crippen LogP contribution in [0.15, 0.2) is 65.1 Å². The normalized spacial score (nSPS) is 13.6. The molecule has 1 aliphatic heterocycles. The second-order valence-electron chi connectivity index (χ2n) is 6.62. The summed E-state index contributed by atoms with van der Waals surface area (Å²) in [5.74, 6) is 1.35. The molecule has 7 nitrogen and oxygen atoms in total. The number of hydrogen-bond acceptors (Lipinski definition) is 6. The molecular weight excluding hydrogens is 352 g/mol. The Morgan fingerprint density at radius 3 is 2.82 bits per heavy atom. The van der Waals surface area contributed by atoms with Gasteiger partial charge < -0.3 is 10.1 Å². The number of aromatic nitrogens is 4. The Morgan fingerprint density at radius 2 is 2.04 bits per heavy atom. The van der Waals surface area contributed by atoms with Crippen LogP contribution in [0.25, 0.3) is 16.9 Å². The SMILES string of the molecule is COc1ccccc1-n1cc(-c2ccnc(NCC3=C(C)CN=C3C)n2)cn1. The first-order chi connectivity index (χ1) is 13.7. The topological polar surface area (TPSA) is 77.2 Å². The molecule has 142 valence electrons. The largest absolute Gasteiger partial charge is 0.494 e. The van der Waals surface area contributed by atoms with Gasteiger partial charge >= 0.3 is 0 Å². The minimum Gasteiger partial charge on any atom is -0.494 e. The Hall–Kier alpha value is -3.48. The highest BCUT2D eigenvalue weighted by Crippen LogP contribution is 2.24. The first-order valence-corrected chi connectivity index (χ1v) is 9.11. The predicted octanol–water partition coefficient (Wildman–Crippen LogP) is 3.54. The molecule has 0 aliphatic carbocycles. The van der Waals surface area contributed by atoms with Crippen LogP contribution in [0.2, 0.25) is 0 Å². The lowest BCUT2D eigenvalue weighted by Gasteiger charge is -2.08. The number of rotatable bonds is 6. The Labute approximate surface area is 163 Å². The number of nitrogens with one attached hydrogen (secondary N) is 1. The van der Waals surface area contributed by atoms with Crippen LogP contribution in [0.1, 0.15) is 13.8 Å². The monoisotopic (exact) mass is 374 g/mol. The van der Waals surface area contributed by atoms with Gasteiger partial charge in [-0.25, -0.2) is 14.6 Å². The van der Waals surface area contributed by atoms with Gasteiger partial charge in [0.05, 0.1) is 25.5 Å². The molecule has 1 N–H and O–H groups in total. The zero-order valence-corrected chi connectivity index (χ0v) is 16.2. The summed E-state index contributed by atoms with van der Waals surface area (Å²) in [6.07, 6.45) is 5.48. The van der Waals surface area contributed by atoms with Crippen LogP contribution in [0.5, 0.6) is 5.75 Å². The minimum absolute atomic E-state index is 0.586. The summed E-state index contributed by atoms with van der Waals surface area (Å²) >= 11 is 0. The third kappa shape index (κ3) is 3.51. The van der Waals surface area contributed by atoms with Crippen molar-refractivity contribution in [3.8, 4) is 22.7 Å². The third-order valence-electron chi connectivity index (χ3n) is 4.79. The highest BCUT2D eigenvalue weighted by atomic mass is 16.5. The number of ether oxygens (including phenoxy) is 1. The molecular formula is C21H22N6O. The van der Waals surface area contributed by atoms with E-state index in [-0.39, 0.29) is 0 Å². The van der Waals surface area contributed by atoms with Gasteiger partial charge in [0.15, 0.2) is 0 Å². The van der Waals surface area contributed by atoms with E-state index in [2.05, 4.69) is 32.3 Å². The molecule has 0 atom stereocenters. The summed E-state index contributed by atoms with van der Waals surface area (Å²) in [5.41, 5.74) is 6.20. The molecule has 3 aromatic rings. The lowest BCUT2D eigenvalue weighted by Crippen LogP contribution is -2.12. The Balaban J connectivity index is 1.55. The second-order valence-corrected chi connectivity index (χ2v) is 6.62. The van der Waals surface area contributed by atoms with Crippen molar-refractivity contribution in [3.05, 3.63) is 60.1 Å². The van der Waals surface area contributed by atoms with Crippen LogP contribution in [0.3, 0.4) is 0 Å². The molecule has 0 saturated carbocycles. The van der Waals surface area contributed by atoms with Gasteiger partial charge in [-0.05, 0) is 43.2 Å². The lowest BCUT2D eigenvalue weighted by molar-refractivity contribution is 0.411. The summed E-state index contributed by atoms with van der Waals surface area (Å²) in [7, 11) is 1.65. The van der Waals surface area contributed by atoms with Crippen LogP contribution in [0, 0.1) is 0 Å². The zero-order chi connectivity index (χ0) is 19.5. The number of hydrogen-bond donors (Lipinski definition) is 1. The van der Waals surface area contributed by atoms with Gasteiger partial charge in [0, 0.05) is 30.2 Å². The Morgan fingerprint density at radius 1 is 1.18 bits per heavy atom. The molecule has 28 heavy (non-hydrogen) atoms. The summed E-state index contributed by atoms with van der Waals surface area (Å²) in [6.45, 7) is 5.61. The average Bonchev–Trinajstić information content (AvgIpc) is 3.34. The molecule has 3 heterocycles. The van der Waals surface area contributed by atoms with Crippen LogP contribution in [0.4, 0.5) is 5.95 Å². The van der Waals surface area contributed by atoms with Crippen molar-refractivity contribution >= 4 is 11.7 Å². The molecule has 7 heteroatoms. The highest BCUT2D eigenvalue weighted by molar-refractivity contribution is 6.01. The van der Waals surface area contributed by atoms with Gasteiger partial charge in [-0.2, -0.15) is 5.10 Å². The fraction of sp³-hybridized carbons (Fsp3) is 0.238. The van der Waals surface area contributed by atoms with Gasteiger partial charge in [-0.1, -0.05) is 12.1 Å². The van der Waals surface area contributed by atoms with Gasteiger partial charge in [0.1, 0.15) is 11.4 Å².